The number of benzene rings is 2. The molecule has 27 heavy (non-hydrogen) atoms. The van der Waals surface area contributed by atoms with Gasteiger partial charge in [-0.15, -0.1) is 0 Å². The van der Waals surface area contributed by atoms with E-state index in [4.69, 9.17) is 27.9 Å². The predicted molar refractivity (Wildman–Crippen MR) is 108 cm³/mol. The fourth-order valence-electron chi connectivity index (χ4n) is 3.19. The molecule has 1 fully saturated rings. The van der Waals surface area contributed by atoms with Crippen LogP contribution >= 0.6 is 23.2 Å². The first-order valence-electron chi connectivity index (χ1n) is 8.97. The van der Waals surface area contributed by atoms with Crippen LogP contribution in [0.3, 0.4) is 0 Å². The lowest BCUT2D eigenvalue weighted by molar-refractivity contribution is -0.139. The van der Waals surface area contributed by atoms with Gasteiger partial charge in [0.05, 0.1) is 21.7 Å². The predicted octanol–water partition coefficient (Wildman–Crippen LogP) is 5.47. The van der Waals surface area contributed by atoms with Crippen LogP contribution in [-0.4, -0.2) is 18.4 Å². The van der Waals surface area contributed by atoms with Crippen molar-refractivity contribution in [1.29, 1.82) is 0 Å². The zero-order valence-electron chi connectivity index (χ0n) is 15.2. The van der Waals surface area contributed by atoms with Gasteiger partial charge in [-0.3, -0.25) is 9.59 Å². The summed E-state index contributed by atoms with van der Waals surface area (Å²) in [5.41, 5.74) is 1.51. The summed E-state index contributed by atoms with van der Waals surface area (Å²) in [5.74, 6) is -0.280. The van der Waals surface area contributed by atoms with Crippen LogP contribution in [0, 0.1) is 5.92 Å². The largest absolute Gasteiger partial charge is 0.426 e. The molecule has 0 bridgehead atoms. The van der Waals surface area contributed by atoms with E-state index in [0.717, 1.165) is 12.0 Å². The number of halogens is 2. The van der Waals surface area contributed by atoms with Gasteiger partial charge in [-0.25, -0.2) is 0 Å². The van der Waals surface area contributed by atoms with Crippen molar-refractivity contribution in [2.45, 2.75) is 32.6 Å². The van der Waals surface area contributed by atoms with Crippen LogP contribution in [0.1, 0.15) is 38.2 Å². The van der Waals surface area contributed by atoms with Gasteiger partial charge in [0, 0.05) is 13.0 Å². The lowest BCUT2D eigenvalue weighted by Gasteiger charge is -2.19. The zero-order chi connectivity index (χ0) is 19.6. The maximum atomic E-state index is 12.7. The van der Waals surface area contributed by atoms with Crippen LogP contribution in [0.15, 0.2) is 42.5 Å². The Morgan fingerprint density at radius 2 is 1.96 bits per heavy atom. The van der Waals surface area contributed by atoms with E-state index in [1.54, 1.807) is 24.3 Å². The third-order valence-corrected chi connectivity index (χ3v) is 5.76. The summed E-state index contributed by atoms with van der Waals surface area (Å²) in [7, 11) is 0. The van der Waals surface area contributed by atoms with E-state index in [9.17, 15) is 9.59 Å². The van der Waals surface area contributed by atoms with Crippen LogP contribution in [-0.2, 0) is 9.59 Å². The maximum Gasteiger partial charge on any atom is 0.316 e. The van der Waals surface area contributed by atoms with Gasteiger partial charge < -0.3 is 9.64 Å². The average molecular weight is 406 g/mol. The highest BCUT2D eigenvalue weighted by Gasteiger charge is 2.37. The number of hydrogen-bond acceptors (Lipinski definition) is 3. The summed E-state index contributed by atoms with van der Waals surface area (Å²) in [5, 5.41) is 0.680. The van der Waals surface area contributed by atoms with Gasteiger partial charge in [-0.1, -0.05) is 61.3 Å². The summed E-state index contributed by atoms with van der Waals surface area (Å²) in [6.07, 6.45) is 1.03. The van der Waals surface area contributed by atoms with Gasteiger partial charge >= 0.3 is 5.97 Å². The molecule has 6 heteroatoms. The van der Waals surface area contributed by atoms with E-state index in [1.807, 2.05) is 18.2 Å². The second-order valence-electron chi connectivity index (χ2n) is 6.75. The van der Waals surface area contributed by atoms with E-state index in [0.29, 0.717) is 21.5 Å². The summed E-state index contributed by atoms with van der Waals surface area (Å²) in [6.45, 7) is 4.41. The van der Waals surface area contributed by atoms with Crippen molar-refractivity contribution in [3.63, 3.8) is 0 Å². The quantitative estimate of drug-likeness (QED) is 0.489. The van der Waals surface area contributed by atoms with Gasteiger partial charge in [-0.2, -0.15) is 0 Å². The van der Waals surface area contributed by atoms with Crippen LogP contribution in [0.25, 0.3) is 0 Å². The fraction of sp³-hybridized carbons (Fsp3) is 0.333. The lowest BCUT2D eigenvalue weighted by atomic mass is 9.98. The summed E-state index contributed by atoms with van der Waals surface area (Å²) < 4.78 is 5.66. The maximum absolute atomic E-state index is 12.7. The van der Waals surface area contributed by atoms with E-state index >= 15 is 0 Å². The smallest absolute Gasteiger partial charge is 0.316 e. The van der Waals surface area contributed by atoms with Gasteiger partial charge in [0.15, 0.2) is 0 Å². The molecule has 2 atom stereocenters. The van der Waals surface area contributed by atoms with Crippen molar-refractivity contribution in [3.05, 3.63) is 58.1 Å². The second kappa shape index (κ2) is 8.32. The molecule has 0 N–H and O–H groups in total. The second-order valence-corrected chi connectivity index (χ2v) is 7.53. The van der Waals surface area contributed by atoms with E-state index in [1.165, 1.54) is 4.90 Å². The Labute approximate surface area is 169 Å². The third kappa shape index (κ3) is 4.12. The minimum Gasteiger partial charge on any atom is -0.426 e. The molecular formula is C21H21Cl2NO3. The average Bonchev–Trinajstić information content (AvgIpc) is 3.05. The molecule has 1 aliphatic heterocycles. The monoisotopic (exact) mass is 405 g/mol. The van der Waals surface area contributed by atoms with E-state index in [-0.39, 0.29) is 24.8 Å². The number of carbonyl (C=O) groups excluding carboxylic acids is 2. The number of amides is 1. The van der Waals surface area contributed by atoms with Crippen molar-refractivity contribution in [2.24, 2.45) is 5.92 Å². The first-order valence-corrected chi connectivity index (χ1v) is 9.73. The van der Waals surface area contributed by atoms with Crippen molar-refractivity contribution >= 4 is 40.8 Å². The molecule has 2 aromatic rings. The molecular weight excluding hydrogens is 385 g/mol. The van der Waals surface area contributed by atoms with Crippen LogP contribution in [0.4, 0.5) is 5.69 Å². The zero-order valence-corrected chi connectivity index (χ0v) is 16.8. The van der Waals surface area contributed by atoms with Gasteiger partial charge in [0.25, 0.3) is 0 Å². The normalized spacial score (nSPS) is 17.9. The fourth-order valence-corrected chi connectivity index (χ4v) is 3.59. The Morgan fingerprint density at radius 3 is 2.70 bits per heavy atom. The van der Waals surface area contributed by atoms with Crippen LogP contribution < -0.4 is 9.64 Å². The number of para-hydroxylation sites is 1. The van der Waals surface area contributed by atoms with Crippen LogP contribution in [0.5, 0.6) is 5.75 Å². The number of ether oxygens (including phenoxy) is 1. The molecule has 142 valence electrons. The molecule has 0 saturated carbocycles. The molecule has 1 amide bonds. The summed E-state index contributed by atoms with van der Waals surface area (Å²) in [4.78, 5) is 26.6. The van der Waals surface area contributed by atoms with Gasteiger partial charge in [-0.05, 0) is 36.1 Å². The first-order chi connectivity index (χ1) is 12.9. The number of esters is 1. The Bertz CT molecular complexity index is 868. The summed E-state index contributed by atoms with van der Waals surface area (Å²) >= 11 is 12.3. The SMILES string of the molecule is CC[C@H](C)c1ccccc1OC(=O)[C@H]1CC(=O)N(c2cccc(Cl)c2Cl)C1. The summed E-state index contributed by atoms with van der Waals surface area (Å²) in [6, 6.07) is 12.6. The van der Waals surface area contributed by atoms with Crippen molar-refractivity contribution < 1.29 is 14.3 Å². The number of rotatable bonds is 5. The highest BCUT2D eigenvalue weighted by atomic mass is 35.5. The number of nitrogens with zero attached hydrogens (tertiary/aromatic N) is 1. The molecule has 4 nitrogen and oxygen atoms in total. The Balaban J connectivity index is 1.76. The molecule has 3 rings (SSSR count). The first kappa shape index (κ1) is 19.7. The van der Waals surface area contributed by atoms with Crippen molar-refractivity contribution in [2.75, 3.05) is 11.4 Å². The highest BCUT2D eigenvalue weighted by Crippen LogP contribution is 2.36. The number of hydrogen-bond donors (Lipinski definition) is 0. The van der Waals surface area contributed by atoms with Crippen LogP contribution in [0.2, 0.25) is 10.0 Å². The highest BCUT2D eigenvalue weighted by molar-refractivity contribution is 6.44. The molecule has 0 radical (unpaired) electrons. The van der Waals surface area contributed by atoms with Crippen molar-refractivity contribution in [1.82, 2.24) is 0 Å². The topological polar surface area (TPSA) is 46.6 Å². The minimum absolute atomic E-state index is 0.0905. The minimum atomic E-state index is -0.544. The van der Waals surface area contributed by atoms with Crippen molar-refractivity contribution in [3.8, 4) is 5.75 Å². The Morgan fingerprint density at radius 1 is 1.22 bits per heavy atom. The Kier molecular flexibility index (Phi) is 6.08. The Hall–Kier alpha value is -2.04. The molecule has 2 aromatic carbocycles. The molecule has 0 aromatic heterocycles. The molecule has 1 aliphatic rings. The third-order valence-electron chi connectivity index (χ3n) is 4.95. The molecule has 0 spiro atoms. The van der Waals surface area contributed by atoms with E-state index in [2.05, 4.69) is 13.8 Å². The van der Waals surface area contributed by atoms with Gasteiger partial charge in [0.2, 0.25) is 5.91 Å². The van der Waals surface area contributed by atoms with E-state index < -0.39 is 11.9 Å². The van der Waals surface area contributed by atoms with Gasteiger partial charge in [0.1, 0.15) is 5.75 Å². The standard InChI is InChI=1S/C21H21Cl2NO3/c1-3-13(2)15-7-4-5-10-18(15)27-21(26)14-11-19(25)24(12-14)17-9-6-8-16(22)20(17)23/h4-10,13-14H,3,11-12H2,1-2H3/t13-,14-/m0/s1. The molecule has 0 aliphatic carbocycles. The number of anilines is 1. The molecule has 0 unspecified atom stereocenters. The number of carbonyl (C=O) groups is 2. The lowest BCUT2D eigenvalue weighted by Crippen LogP contribution is -2.27. The molecule has 1 saturated heterocycles. The molecule has 1 heterocycles.